The van der Waals surface area contributed by atoms with E-state index < -0.39 is 0 Å². The van der Waals surface area contributed by atoms with Gasteiger partial charge in [0.05, 0.1) is 5.69 Å². The number of hydrogen-bond acceptors (Lipinski definition) is 1. The first-order valence-corrected chi connectivity index (χ1v) is 3.21. The molecule has 0 fully saturated rings. The summed E-state index contributed by atoms with van der Waals surface area (Å²) >= 11 is 5.59. The first-order valence-electron chi connectivity index (χ1n) is 2.84. The second kappa shape index (κ2) is 4.79. The molecule has 1 aromatic rings. The van der Waals surface area contributed by atoms with Crippen LogP contribution in [0.5, 0.6) is 0 Å². The van der Waals surface area contributed by atoms with Gasteiger partial charge >= 0.3 is 0 Å². The summed E-state index contributed by atoms with van der Waals surface area (Å²) in [6.07, 6.45) is 5.17. The number of pyridine rings is 1. The molecule has 0 amide bonds. The first-order chi connectivity index (χ1) is 4.74. The molecule has 0 spiro atoms. The Morgan fingerprint density at radius 1 is 1.55 bits per heavy atom. The van der Waals surface area contributed by atoms with Gasteiger partial charge in [-0.1, -0.05) is 17.5 Å². The summed E-state index contributed by atoms with van der Waals surface area (Å²) in [4.78, 5) is 3.97. The Labute approximate surface area is 93.5 Å². The predicted molar refractivity (Wildman–Crippen MR) is 47.7 cm³/mol. The number of hydrogen-bond donors (Lipinski definition) is 0. The molecule has 1 nitrogen and oxygen atoms in total. The van der Waals surface area contributed by atoms with Gasteiger partial charge in [0.25, 0.3) is 0 Å². The van der Waals surface area contributed by atoms with Gasteiger partial charge in [0.15, 0.2) is 0 Å². The minimum atomic E-state index is 0. The predicted octanol–water partition coefficient (Wildman–Crippen LogP) is 1.64. The van der Waals surface area contributed by atoms with E-state index in [1.807, 2.05) is 6.92 Å². The molecule has 0 bridgehead atoms. The van der Waals surface area contributed by atoms with Crippen LogP contribution in [0.3, 0.4) is 0 Å². The van der Waals surface area contributed by atoms with Crippen molar-refractivity contribution in [3.8, 4) is 12.3 Å². The minimum absolute atomic E-state index is 0. The Morgan fingerprint density at radius 3 is 2.64 bits per heavy atom. The van der Waals surface area contributed by atoms with Crippen molar-refractivity contribution < 1.29 is 0 Å². The Kier molecular flexibility index (Phi) is 4.79. The molecule has 0 aromatic carbocycles. The summed E-state index contributed by atoms with van der Waals surface area (Å²) in [5.74, 6) is 2.50. The summed E-state index contributed by atoms with van der Waals surface area (Å²) in [6.45, 7) is 1.83. The third-order valence-corrected chi connectivity index (χ3v) is 1.42. The van der Waals surface area contributed by atoms with E-state index in [1.54, 1.807) is 12.1 Å². The number of halogens is 1. The molecule has 1 rings (SSSR count). The topological polar surface area (TPSA) is 12.9 Å². The largest absolute Gasteiger partial charge is 0.240 e. The summed E-state index contributed by atoms with van der Waals surface area (Å²) in [7, 11) is 0. The SMILES string of the molecule is C#Cc1ccc(Cl)nc1C.[Na]. The molecule has 11 heavy (non-hydrogen) atoms. The zero-order valence-electron chi connectivity index (χ0n) is 6.56. The fourth-order valence-electron chi connectivity index (χ4n) is 0.683. The molecule has 3 heteroatoms. The maximum absolute atomic E-state index is 5.59. The van der Waals surface area contributed by atoms with Crippen molar-refractivity contribution in [2.24, 2.45) is 0 Å². The van der Waals surface area contributed by atoms with E-state index in [0.29, 0.717) is 5.15 Å². The van der Waals surface area contributed by atoms with Crippen molar-refractivity contribution in [3.05, 3.63) is 28.5 Å². The molecule has 51 valence electrons. The molecule has 0 N–H and O–H groups in total. The van der Waals surface area contributed by atoms with Crippen molar-refractivity contribution in [2.45, 2.75) is 6.92 Å². The zero-order valence-corrected chi connectivity index (χ0v) is 9.31. The van der Waals surface area contributed by atoms with Gasteiger partial charge in [-0.25, -0.2) is 4.98 Å². The van der Waals surface area contributed by atoms with E-state index in [1.165, 1.54) is 0 Å². The molecule has 1 radical (unpaired) electrons. The average molecular weight is 175 g/mol. The Balaban J connectivity index is 0.000001000. The van der Waals surface area contributed by atoms with Gasteiger partial charge in [0.1, 0.15) is 5.15 Å². The third kappa shape index (κ3) is 2.84. The fraction of sp³-hybridized carbons (Fsp3) is 0.125. The molecule has 0 aliphatic heterocycles. The molecule has 1 aromatic heterocycles. The molecule has 0 saturated heterocycles. The van der Waals surface area contributed by atoms with E-state index in [2.05, 4.69) is 10.9 Å². The van der Waals surface area contributed by atoms with Gasteiger partial charge in [-0.3, -0.25) is 0 Å². The van der Waals surface area contributed by atoms with Crippen LogP contribution in [0.4, 0.5) is 0 Å². The van der Waals surface area contributed by atoms with Crippen LogP contribution >= 0.6 is 11.6 Å². The summed E-state index contributed by atoms with van der Waals surface area (Å²) in [5, 5.41) is 0.483. The standard InChI is InChI=1S/C8H6ClN.Na/c1-3-7-4-5-8(9)10-6(7)2;/h1,4-5H,2H3;. The third-order valence-electron chi connectivity index (χ3n) is 1.21. The van der Waals surface area contributed by atoms with Gasteiger partial charge in [-0.2, -0.15) is 0 Å². The Hall–Kier alpha value is 0. The summed E-state index contributed by atoms with van der Waals surface area (Å²) < 4.78 is 0. The molecule has 1 heterocycles. The molecule has 0 unspecified atom stereocenters. The molecule has 0 aliphatic rings. The number of aryl methyl sites for hydroxylation is 1. The first kappa shape index (κ1) is 11.0. The van der Waals surface area contributed by atoms with Crippen LogP contribution in [0.25, 0.3) is 0 Å². The van der Waals surface area contributed by atoms with Crippen LogP contribution in [-0.2, 0) is 0 Å². The fourth-order valence-corrected chi connectivity index (χ4v) is 0.873. The van der Waals surface area contributed by atoms with Crippen LogP contribution in [0.1, 0.15) is 11.3 Å². The molecular formula is C8H6ClNNa. The minimum Gasteiger partial charge on any atom is -0.240 e. The number of nitrogens with zero attached hydrogens (tertiary/aromatic N) is 1. The van der Waals surface area contributed by atoms with E-state index in [4.69, 9.17) is 18.0 Å². The van der Waals surface area contributed by atoms with Crippen molar-refractivity contribution >= 4 is 41.2 Å². The number of rotatable bonds is 0. The summed E-state index contributed by atoms with van der Waals surface area (Å²) in [5.41, 5.74) is 1.60. The second-order valence-corrected chi connectivity index (χ2v) is 2.30. The van der Waals surface area contributed by atoms with E-state index in [-0.39, 0.29) is 29.6 Å². The second-order valence-electron chi connectivity index (χ2n) is 1.91. The van der Waals surface area contributed by atoms with E-state index in [9.17, 15) is 0 Å². The van der Waals surface area contributed by atoms with Gasteiger partial charge < -0.3 is 0 Å². The monoisotopic (exact) mass is 174 g/mol. The Bertz CT molecular complexity index is 291. The molecular weight excluding hydrogens is 169 g/mol. The van der Waals surface area contributed by atoms with Crippen molar-refractivity contribution in [2.75, 3.05) is 0 Å². The van der Waals surface area contributed by atoms with E-state index in [0.717, 1.165) is 11.3 Å². The van der Waals surface area contributed by atoms with Gasteiger partial charge in [-0.05, 0) is 19.1 Å². The molecule has 0 aliphatic carbocycles. The summed E-state index contributed by atoms with van der Waals surface area (Å²) in [6, 6.07) is 3.47. The van der Waals surface area contributed by atoms with Crippen LogP contribution in [0.2, 0.25) is 5.15 Å². The maximum atomic E-state index is 5.59. The molecule has 0 atom stereocenters. The van der Waals surface area contributed by atoms with Gasteiger partial charge in [0.2, 0.25) is 0 Å². The van der Waals surface area contributed by atoms with Gasteiger partial charge in [-0.15, -0.1) is 6.42 Å². The van der Waals surface area contributed by atoms with E-state index >= 15 is 0 Å². The van der Waals surface area contributed by atoms with Crippen LogP contribution in [0, 0.1) is 19.3 Å². The van der Waals surface area contributed by atoms with Crippen molar-refractivity contribution in [3.63, 3.8) is 0 Å². The van der Waals surface area contributed by atoms with Crippen LogP contribution in [0.15, 0.2) is 12.1 Å². The zero-order chi connectivity index (χ0) is 7.56. The van der Waals surface area contributed by atoms with Crippen molar-refractivity contribution in [1.29, 1.82) is 0 Å². The number of aromatic nitrogens is 1. The number of terminal acetylenes is 1. The van der Waals surface area contributed by atoms with Crippen LogP contribution in [-0.4, -0.2) is 34.5 Å². The Morgan fingerprint density at radius 2 is 2.18 bits per heavy atom. The van der Waals surface area contributed by atoms with Crippen LogP contribution < -0.4 is 0 Å². The average Bonchev–Trinajstić information content (AvgIpc) is 1.88. The quantitative estimate of drug-likeness (QED) is 0.331. The van der Waals surface area contributed by atoms with Crippen molar-refractivity contribution in [1.82, 2.24) is 4.98 Å². The molecule has 0 saturated carbocycles. The smallest absolute Gasteiger partial charge is 0.129 e. The maximum Gasteiger partial charge on any atom is 0.129 e. The normalized spacial score (nSPS) is 8.09. The van der Waals surface area contributed by atoms with Gasteiger partial charge in [0, 0.05) is 35.1 Å².